The lowest BCUT2D eigenvalue weighted by atomic mass is 10.2. The lowest BCUT2D eigenvalue weighted by molar-refractivity contribution is 0.170. The fourth-order valence-electron chi connectivity index (χ4n) is 1.80. The van der Waals surface area contributed by atoms with Gasteiger partial charge in [0.25, 0.3) is 0 Å². The molecule has 0 saturated heterocycles. The molecule has 3 heteroatoms. The van der Waals surface area contributed by atoms with Gasteiger partial charge in [-0.1, -0.05) is 34.6 Å². The normalized spacial score (nSPS) is 14.2. The van der Waals surface area contributed by atoms with Gasteiger partial charge in [-0.25, -0.2) is 0 Å². The zero-order valence-electron chi connectivity index (χ0n) is 11.0. The van der Waals surface area contributed by atoms with Crippen molar-refractivity contribution in [3.05, 3.63) is 0 Å². The van der Waals surface area contributed by atoms with Crippen LogP contribution >= 0.6 is 0 Å². The first-order valence-electron chi connectivity index (χ1n) is 6.08. The smallest absolute Gasteiger partial charge is 0.0597 e. The number of nitrogens with one attached hydrogen (secondary N) is 1. The van der Waals surface area contributed by atoms with Crippen molar-refractivity contribution in [2.45, 2.75) is 46.7 Å². The van der Waals surface area contributed by atoms with E-state index in [0.717, 1.165) is 19.6 Å². The summed E-state index contributed by atoms with van der Waals surface area (Å²) in [5.74, 6) is 0.684. The minimum atomic E-state index is 0.198. The van der Waals surface area contributed by atoms with Crippen LogP contribution in [0.1, 0.15) is 34.6 Å². The van der Waals surface area contributed by atoms with E-state index >= 15 is 0 Å². The summed E-state index contributed by atoms with van der Waals surface area (Å²) in [6.45, 7) is 14.2. The van der Waals surface area contributed by atoms with Crippen LogP contribution in [0, 0.1) is 5.92 Å². The molecule has 15 heavy (non-hydrogen) atoms. The Morgan fingerprint density at radius 1 is 1.13 bits per heavy atom. The lowest BCUT2D eigenvalue weighted by Gasteiger charge is -2.28. The second kappa shape index (κ2) is 8.08. The van der Waals surface area contributed by atoms with E-state index in [4.69, 9.17) is 0 Å². The molecule has 1 atom stereocenters. The maximum absolute atomic E-state index is 9.26. The van der Waals surface area contributed by atoms with Crippen molar-refractivity contribution in [1.82, 2.24) is 10.2 Å². The van der Waals surface area contributed by atoms with Crippen LogP contribution in [0.25, 0.3) is 0 Å². The second-order valence-corrected chi connectivity index (χ2v) is 4.95. The van der Waals surface area contributed by atoms with Crippen LogP contribution < -0.4 is 5.32 Å². The summed E-state index contributed by atoms with van der Waals surface area (Å²) in [7, 11) is 0. The summed E-state index contributed by atoms with van der Waals surface area (Å²) >= 11 is 0. The van der Waals surface area contributed by atoms with Crippen molar-refractivity contribution in [2.75, 3.05) is 26.2 Å². The van der Waals surface area contributed by atoms with E-state index in [2.05, 4.69) is 44.8 Å². The fourth-order valence-corrected chi connectivity index (χ4v) is 1.80. The van der Waals surface area contributed by atoms with Crippen LogP contribution in [-0.4, -0.2) is 48.3 Å². The molecule has 0 aliphatic carbocycles. The highest BCUT2D eigenvalue weighted by Gasteiger charge is 2.13. The number of hydrogen-bond donors (Lipinski definition) is 2. The van der Waals surface area contributed by atoms with Crippen LogP contribution in [0.2, 0.25) is 0 Å². The van der Waals surface area contributed by atoms with Gasteiger partial charge in [0.1, 0.15) is 0 Å². The molecule has 0 bridgehead atoms. The van der Waals surface area contributed by atoms with Gasteiger partial charge < -0.3 is 15.3 Å². The number of aliphatic hydroxyl groups excluding tert-OH is 1. The zero-order chi connectivity index (χ0) is 11.8. The lowest BCUT2D eigenvalue weighted by Crippen LogP contribution is -2.46. The monoisotopic (exact) mass is 216 g/mol. The number of nitrogens with zero attached hydrogens (tertiary/aromatic N) is 1. The van der Waals surface area contributed by atoms with Crippen molar-refractivity contribution in [3.63, 3.8) is 0 Å². The largest absolute Gasteiger partial charge is 0.395 e. The van der Waals surface area contributed by atoms with Gasteiger partial charge in [0.05, 0.1) is 6.61 Å². The van der Waals surface area contributed by atoms with Gasteiger partial charge >= 0.3 is 0 Å². The Hall–Kier alpha value is -0.120. The van der Waals surface area contributed by atoms with Gasteiger partial charge in [-0.2, -0.15) is 0 Å². The van der Waals surface area contributed by atoms with Crippen molar-refractivity contribution in [1.29, 1.82) is 0 Å². The minimum absolute atomic E-state index is 0.198. The molecule has 0 aromatic rings. The van der Waals surface area contributed by atoms with Gasteiger partial charge in [-0.3, -0.25) is 0 Å². The molecule has 0 heterocycles. The summed E-state index contributed by atoms with van der Waals surface area (Å²) in [6, 6.07) is 0.628. The van der Waals surface area contributed by atoms with Gasteiger partial charge in [-0.05, 0) is 12.5 Å². The summed E-state index contributed by atoms with van der Waals surface area (Å²) in [5, 5.41) is 12.6. The minimum Gasteiger partial charge on any atom is -0.395 e. The first-order valence-corrected chi connectivity index (χ1v) is 6.08. The number of aliphatic hydroxyl groups is 1. The average molecular weight is 216 g/mol. The van der Waals surface area contributed by atoms with Gasteiger partial charge in [0.2, 0.25) is 0 Å². The molecule has 0 aromatic heterocycles. The SMILES string of the molecule is CCN(CC(C)C)CC(CO)NC(C)C. The Kier molecular flexibility index (Phi) is 8.02. The molecule has 0 aromatic carbocycles. The summed E-state index contributed by atoms with van der Waals surface area (Å²) in [6.07, 6.45) is 0. The average Bonchev–Trinajstić information content (AvgIpc) is 2.14. The van der Waals surface area contributed by atoms with Crippen LogP contribution in [-0.2, 0) is 0 Å². The molecule has 0 radical (unpaired) electrons. The van der Waals surface area contributed by atoms with E-state index in [-0.39, 0.29) is 12.6 Å². The first kappa shape index (κ1) is 14.9. The summed E-state index contributed by atoms with van der Waals surface area (Å²) in [4.78, 5) is 2.39. The maximum atomic E-state index is 9.26. The Balaban J connectivity index is 3.99. The molecule has 92 valence electrons. The van der Waals surface area contributed by atoms with E-state index in [1.807, 2.05) is 0 Å². The first-order chi connectivity index (χ1) is 6.99. The van der Waals surface area contributed by atoms with Crippen LogP contribution in [0.3, 0.4) is 0 Å². The molecule has 0 aliphatic rings. The highest BCUT2D eigenvalue weighted by atomic mass is 16.3. The Labute approximate surface area is 94.9 Å². The molecule has 0 aliphatic heterocycles. The van der Waals surface area contributed by atoms with Gasteiger partial charge in [-0.15, -0.1) is 0 Å². The maximum Gasteiger partial charge on any atom is 0.0597 e. The third-order valence-corrected chi connectivity index (χ3v) is 2.34. The molecule has 0 spiro atoms. The van der Waals surface area contributed by atoms with Crippen molar-refractivity contribution >= 4 is 0 Å². The topological polar surface area (TPSA) is 35.5 Å². The molecule has 0 amide bonds. The van der Waals surface area contributed by atoms with E-state index in [1.54, 1.807) is 0 Å². The van der Waals surface area contributed by atoms with Crippen LogP contribution in [0.15, 0.2) is 0 Å². The molecular formula is C12H28N2O. The molecule has 0 saturated carbocycles. The second-order valence-electron chi connectivity index (χ2n) is 4.95. The third-order valence-electron chi connectivity index (χ3n) is 2.34. The van der Waals surface area contributed by atoms with Gasteiger partial charge in [0, 0.05) is 25.2 Å². The summed E-state index contributed by atoms with van der Waals surface area (Å²) < 4.78 is 0. The fraction of sp³-hybridized carbons (Fsp3) is 1.00. The number of likely N-dealkylation sites (N-methyl/N-ethyl adjacent to an activating group) is 1. The summed E-state index contributed by atoms with van der Waals surface area (Å²) in [5.41, 5.74) is 0. The quantitative estimate of drug-likeness (QED) is 0.642. The molecular weight excluding hydrogens is 188 g/mol. The Morgan fingerprint density at radius 2 is 1.73 bits per heavy atom. The van der Waals surface area contributed by atoms with Crippen molar-refractivity contribution < 1.29 is 5.11 Å². The van der Waals surface area contributed by atoms with E-state index in [9.17, 15) is 5.11 Å². The predicted molar refractivity (Wildman–Crippen MR) is 66.1 cm³/mol. The van der Waals surface area contributed by atoms with E-state index in [0.29, 0.717) is 12.0 Å². The van der Waals surface area contributed by atoms with Gasteiger partial charge in [0.15, 0.2) is 0 Å². The Bertz CT molecular complexity index is 133. The standard InChI is InChI=1S/C12H28N2O/c1-6-14(7-10(2)3)8-12(9-15)13-11(4)5/h10-13,15H,6-9H2,1-5H3. The van der Waals surface area contributed by atoms with Crippen LogP contribution in [0.4, 0.5) is 0 Å². The number of hydrogen-bond acceptors (Lipinski definition) is 3. The van der Waals surface area contributed by atoms with Crippen molar-refractivity contribution in [2.24, 2.45) is 5.92 Å². The molecule has 1 unspecified atom stereocenters. The predicted octanol–water partition coefficient (Wildman–Crippen LogP) is 1.32. The molecule has 0 fully saturated rings. The highest BCUT2D eigenvalue weighted by molar-refractivity contribution is 4.73. The third kappa shape index (κ3) is 7.77. The molecule has 3 nitrogen and oxygen atoms in total. The molecule has 0 rings (SSSR count). The molecule has 2 N–H and O–H groups in total. The Morgan fingerprint density at radius 3 is 2.07 bits per heavy atom. The van der Waals surface area contributed by atoms with Crippen molar-refractivity contribution in [3.8, 4) is 0 Å². The van der Waals surface area contributed by atoms with E-state index in [1.165, 1.54) is 0 Å². The number of rotatable bonds is 8. The van der Waals surface area contributed by atoms with E-state index < -0.39 is 0 Å². The highest BCUT2D eigenvalue weighted by Crippen LogP contribution is 2.00. The zero-order valence-corrected chi connectivity index (χ0v) is 11.0. The van der Waals surface area contributed by atoms with Crippen LogP contribution in [0.5, 0.6) is 0 Å².